The Kier molecular flexibility index (Phi) is 17.7. The molecule has 566 valence electrons. The Morgan fingerprint density at radius 3 is 0.583 bits per heavy atom. The summed E-state index contributed by atoms with van der Waals surface area (Å²) in [5.74, 6) is 2.58. The van der Waals surface area contributed by atoms with E-state index in [2.05, 4.69) is 479 Å². The van der Waals surface area contributed by atoms with E-state index in [0.717, 1.165) is 49.7 Å². The van der Waals surface area contributed by atoms with E-state index in [1.165, 1.54) is 83.0 Å². The molecule has 0 aliphatic carbocycles. The Morgan fingerprint density at radius 2 is 0.358 bits per heavy atom. The quantitative estimate of drug-likeness (QED) is 0.0595. The van der Waals surface area contributed by atoms with Gasteiger partial charge in [-0.05, 0) is 132 Å². The van der Waals surface area contributed by atoms with Crippen molar-refractivity contribution in [2.75, 3.05) is 0 Å². The van der Waals surface area contributed by atoms with E-state index in [1.807, 2.05) is 6.07 Å². The Bertz CT molecular complexity index is 6670. The van der Waals surface area contributed by atoms with Crippen molar-refractivity contribution in [3.8, 4) is 23.3 Å². The SMILES string of the molecule is c1ccc(-c2nc(-n3c4ccc([Si](c5ccccc5)(c5ccccc5)c5ccccc5)cc4n4c5cc([Si](c6ccccc6)(c6ccccc6)c6ccccc6)ccc5nc34)nc(-n3c4ccc([Si](c5ccccc5)(c5ccccc5)c5ccccc5)cc4n4c5cc([Si](c6ccccc6)(c6ccccc6)c6ccccc6)ccc5nc34)n2)cc1. The van der Waals surface area contributed by atoms with Gasteiger partial charge in [-0.15, -0.1) is 0 Å². The lowest BCUT2D eigenvalue weighted by atomic mass is 10.2. The predicted octanol–water partition coefficient (Wildman–Crippen LogP) is 12.5. The van der Waals surface area contributed by atoms with Crippen molar-refractivity contribution in [1.82, 2.24) is 42.9 Å². The molecule has 0 unspecified atom stereocenters. The van der Waals surface area contributed by atoms with Crippen molar-refractivity contribution in [3.63, 3.8) is 0 Å². The second-order valence-corrected chi connectivity index (χ2v) is 46.2. The topological polar surface area (TPSA) is 83.1 Å². The molecule has 0 spiro atoms. The number of hydrogen-bond acceptors (Lipinski definition) is 5. The maximum atomic E-state index is 5.99. The van der Waals surface area contributed by atoms with Gasteiger partial charge in [0.2, 0.25) is 23.5 Å². The minimum Gasteiger partial charge on any atom is -0.276 e. The van der Waals surface area contributed by atoms with Gasteiger partial charge >= 0.3 is 0 Å². The second kappa shape index (κ2) is 29.7. The van der Waals surface area contributed by atoms with Crippen LogP contribution in [0.2, 0.25) is 0 Å². The van der Waals surface area contributed by atoms with E-state index in [4.69, 9.17) is 24.9 Å². The maximum absolute atomic E-state index is 5.99. The molecule has 13 heteroatoms. The van der Waals surface area contributed by atoms with Gasteiger partial charge < -0.3 is 0 Å². The minimum atomic E-state index is -3.19. The summed E-state index contributed by atoms with van der Waals surface area (Å²) in [6, 6.07) is 173. The van der Waals surface area contributed by atoms with Crippen molar-refractivity contribution in [3.05, 3.63) is 467 Å². The molecule has 22 aromatic rings. The van der Waals surface area contributed by atoms with Crippen LogP contribution in [-0.4, -0.2) is 75.2 Å². The summed E-state index contributed by atoms with van der Waals surface area (Å²) in [4.78, 5) is 29.3. The first-order valence-corrected chi connectivity index (χ1v) is 49.0. The first-order valence-electron chi connectivity index (χ1n) is 41.0. The molecular weight excluding hydrogens is 1520 g/mol. The smallest absolute Gasteiger partial charge is 0.242 e. The van der Waals surface area contributed by atoms with Crippen LogP contribution in [-0.2, 0) is 0 Å². The molecule has 0 atom stereocenters. The zero-order valence-corrected chi connectivity index (χ0v) is 69.5. The van der Waals surface area contributed by atoms with E-state index in [1.54, 1.807) is 0 Å². The average Bonchev–Trinajstić information content (AvgIpc) is 1.47. The maximum Gasteiger partial charge on any atom is 0.242 e. The lowest BCUT2D eigenvalue weighted by Gasteiger charge is -2.34. The molecule has 0 saturated heterocycles. The molecule has 0 N–H and O–H groups in total. The first-order chi connectivity index (χ1) is 59.5. The van der Waals surface area contributed by atoms with Gasteiger partial charge in [0.25, 0.3) is 0 Å². The molecule has 22 rings (SSSR count). The van der Waals surface area contributed by atoms with Gasteiger partial charge in [0.05, 0.1) is 44.1 Å². The number of nitrogens with zero attached hydrogens (tertiary/aromatic N) is 9. The molecular formula is C107H77N9Si4. The van der Waals surface area contributed by atoms with E-state index in [0.29, 0.717) is 29.3 Å². The van der Waals surface area contributed by atoms with Crippen molar-refractivity contribution in [1.29, 1.82) is 0 Å². The van der Waals surface area contributed by atoms with Crippen LogP contribution in [0.25, 0.3) is 79.0 Å². The highest BCUT2D eigenvalue weighted by atomic mass is 28.3. The van der Waals surface area contributed by atoms with Gasteiger partial charge in [0.15, 0.2) is 38.1 Å². The van der Waals surface area contributed by atoms with Crippen LogP contribution in [0.3, 0.4) is 0 Å². The van der Waals surface area contributed by atoms with Gasteiger partial charge in [-0.25, -0.2) is 19.1 Å². The van der Waals surface area contributed by atoms with Crippen molar-refractivity contribution in [2.45, 2.75) is 0 Å². The first kappa shape index (κ1) is 71.7. The molecule has 9 nitrogen and oxygen atoms in total. The van der Waals surface area contributed by atoms with Gasteiger partial charge in [0.1, 0.15) is 0 Å². The molecule has 0 bridgehead atoms. The molecule has 0 amide bonds. The molecule has 5 aromatic heterocycles. The molecule has 0 fully saturated rings. The van der Waals surface area contributed by atoms with Crippen LogP contribution in [0.5, 0.6) is 0 Å². The van der Waals surface area contributed by atoms with Crippen LogP contribution in [0.1, 0.15) is 0 Å². The largest absolute Gasteiger partial charge is 0.276 e. The summed E-state index contributed by atoms with van der Waals surface area (Å²) in [5, 5.41) is 20.2. The highest BCUT2D eigenvalue weighted by Gasteiger charge is 2.47. The summed E-state index contributed by atoms with van der Waals surface area (Å²) < 4.78 is 9.19. The monoisotopic (exact) mass is 1600 g/mol. The summed E-state index contributed by atoms with van der Waals surface area (Å²) in [7, 11) is -12.6. The zero-order valence-electron chi connectivity index (χ0n) is 65.5. The van der Waals surface area contributed by atoms with E-state index < -0.39 is 32.3 Å². The molecule has 120 heavy (non-hydrogen) atoms. The van der Waals surface area contributed by atoms with Crippen LogP contribution in [0.4, 0.5) is 0 Å². The normalized spacial score (nSPS) is 12.2. The van der Waals surface area contributed by atoms with Crippen LogP contribution in [0, 0.1) is 0 Å². The standard InChI is InChI=1S/C107H77N9Si4/c1-14-40-78(41-15-1)103-110-104(115-97-72-68-93(119(85-54-28-8-29-55-85,86-56-30-9-31-57-86)87-58-32-10-33-59-87)76-101(97)113-99-74-91(66-70-95(99)108-106(113)115)117(79-42-16-2-17-43-79,80-44-18-3-19-45-80)81-46-20-4-21-47-81)112-105(111-103)116-98-73-69-94(120(88-60-34-11-35-61-88,89-62-36-12-37-63-89)90-64-38-13-39-65-90)77-102(98)114-100-75-92(67-71-96(100)109-107(114)116)118(82-48-22-5-23-49-82,83-50-24-6-25-51-83)84-52-26-7-27-53-84/h1-77H. The third-order valence-electron chi connectivity index (χ3n) is 24.8. The molecule has 5 heterocycles. The molecule has 0 aliphatic heterocycles. The number of fused-ring (bicyclic) bond motifs is 10. The van der Waals surface area contributed by atoms with Crippen molar-refractivity contribution >= 4 is 171 Å². The van der Waals surface area contributed by atoms with E-state index >= 15 is 0 Å². The fourth-order valence-electron chi connectivity index (χ4n) is 19.8. The summed E-state index contributed by atoms with van der Waals surface area (Å²) >= 11 is 0. The number of rotatable bonds is 19. The third kappa shape index (κ3) is 11.3. The van der Waals surface area contributed by atoms with Crippen LogP contribution < -0.4 is 83.0 Å². The van der Waals surface area contributed by atoms with Crippen molar-refractivity contribution < 1.29 is 0 Å². The summed E-state index contributed by atoms with van der Waals surface area (Å²) in [6.07, 6.45) is 0. The van der Waals surface area contributed by atoms with Crippen LogP contribution >= 0.6 is 0 Å². The lowest BCUT2D eigenvalue weighted by molar-refractivity contribution is 0.877. The number of aromatic nitrogens is 9. The third-order valence-corrected chi connectivity index (χ3v) is 43.9. The molecule has 0 aliphatic rings. The number of hydrogen-bond donors (Lipinski definition) is 0. The molecule has 17 aromatic carbocycles. The van der Waals surface area contributed by atoms with Crippen LogP contribution in [0.15, 0.2) is 467 Å². The summed E-state index contributed by atoms with van der Waals surface area (Å²) in [5.41, 5.74) is 8.07. The van der Waals surface area contributed by atoms with Gasteiger partial charge in [-0.1, -0.05) is 419 Å². The highest BCUT2D eigenvalue weighted by molar-refractivity contribution is 7.22. The Labute approximate surface area is 699 Å². The highest BCUT2D eigenvalue weighted by Crippen LogP contribution is 2.34. The summed E-state index contributed by atoms with van der Waals surface area (Å²) in [6.45, 7) is 0. The number of benzene rings is 17. The molecule has 0 radical (unpaired) electrons. The zero-order chi connectivity index (χ0) is 79.6. The Hall–Kier alpha value is -14.8. The van der Waals surface area contributed by atoms with Gasteiger partial charge in [-0.3, -0.25) is 8.80 Å². The van der Waals surface area contributed by atoms with Gasteiger partial charge in [0, 0.05) is 5.56 Å². The fourth-order valence-corrected chi connectivity index (χ4v) is 38.8. The second-order valence-electron chi connectivity index (χ2n) is 31.0. The predicted molar refractivity (Wildman–Crippen MR) is 506 cm³/mol. The Morgan fingerprint density at radius 1 is 0.158 bits per heavy atom. The van der Waals surface area contributed by atoms with E-state index in [-0.39, 0.29) is 0 Å². The van der Waals surface area contributed by atoms with E-state index in [9.17, 15) is 0 Å². The van der Waals surface area contributed by atoms with Crippen molar-refractivity contribution in [2.24, 2.45) is 0 Å². The Balaban J connectivity index is 0.864. The average molecular weight is 1600 g/mol. The minimum absolute atomic E-state index is 0.393. The molecule has 0 saturated carbocycles. The van der Waals surface area contributed by atoms with Gasteiger partial charge in [-0.2, -0.15) is 15.0 Å². The number of imidazole rings is 4. The fraction of sp³-hybridized carbons (Fsp3) is 0. The lowest BCUT2D eigenvalue weighted by Crippen LogP contribution is -2.74.